The van der Waals surface area contributed by atoms with E-state index in [2.05, 4.69) is 114 Å². The van der Waals surface area contributed by atoms with Gasteiger partial charge in [0.1, 0.15) is 5.69 Å². The molecule has 1 fully saturated rings. The lowest BCUT2D eigenvalue weighted by Gasteiger charge is -2.43. The topological polar surface area (TPSA) is 96.8 Å². The highest BCUT2D eigenvalue weighted by Gasteiger charge is 2.39. The number of likely N-dealkylation sites (N-methyl/N-ethyl adjacent to an activating group) is 1. The summed E-state index contributed by atoms with van der Waals surface area (Å²) >= 11 is 0. The highest BCUT2D eigenvalue weighted by Crippen LogP contribution is 2.42. The van der Waals surface area contributed by atoms with Crippen LogP contribution in [0.3, 0.4) is 0 Å². The van der Waals surface area contributed by atoms with Crippen molar-refractivity contribution in [2.45, 2.75) is 51.5 Å². The van der Waals surface area contributed by atoms with E-state index in [1.165, 1.54) is 11.8 Å². The van der Waals surface area contributed by atoms with Gasteiger partial charge in [-0.2, -0.15) is 0 Å². The quantitative estimate of drug-likeness (QED) is 0.141. The Morgan fingerprint density at radius 2 is 1.52 bits per heavy atom. The van der Waals surface area contributed by atoms with Gasteiger partial charge in [-0.05, 0) is 65.6 Å². The van der Waals surface area contributed by atoms with Crippen molar-refractivity contribution < 1.29 is 19.4 Å². The summed E-state index contributed by atoms with van der Waals surface area (Å²) in [6.07, 6.45) is 0.670. The second kappa shape index (κ2) is 16.0. The van der Waals surface area contributed by atoms with Crippen LogP contribution in [-0.2, 0) is 22.6 Å². The van der Waals surface area contributed by atoms with Gasteiger partial charge in [0.2, 0.25) is 0 Å². The molecule has 0 unspecified atom stereocenters. The molecule has 0 saturated carbocycles. The van der Waals surface area contributed by atoms with E-state index in [1.807, 2.05) is 54.6 Å². The Bertz CT molecular complexity index is 2110. The third-order valence-corrected chi connectivity index (χ3v) is 10.1. The smallest absolute Gasteiger partial charge is 0.271 e. The molecule has 2 N–H and O–H groups in total. The molecule has 5 atom stereocenters. The lowest BCUT2D eigenvalue weighted by Crippen LogP contribution is -2.44. The van der Waals surface area contributed by atoms with E-state index < -0.39 is 6.29 Å². The average molecular weight is 693 g/mol. The molecule has 5 aromatic carbocycles. The lowest BCUT2D eigenvalue weighted by atomic mass is 9.89. The minimum absolute atomic E-state index is 0.00228. The monoisotopic (exact) mass is 692 g/mol. The van der Waals surface area contributed by atoms with Gasteiger partial charge in [-0.25, -0.2) is 4.98 Å². The maximum absolute atomic E-state index is 12.9. The first-order valence-corrected chi connectivity index (χ1v) is 17.8. The Balaban J connectivity index is 1.06. The predicted molar refractivity (Wildman–Crippen MR) is 203 cm³/mol. The maximum Gasteiger partial charge on any atom is 0.271 e. The molecule has 6 aromatic rings. The normalized spacial score (nSPS) is 19.4. The van der Waals surface area contributed by atoms with E-state index in [4.69, 9.17) is 9.47 Å². The van der Waals surface area contributed by atoms with Gasteiger partial charge in [0.05, 0.1) is 36.0 Å². The van der Waals surface area contributed by atoms with Crippen LogP contribution in [0, 0.1) is 5.92 Å². The standard InChI is InChI=1S/C44H44N4O4/c1-29-41(27-48(3)30(2)33-11-5-4-6-12-33)51-44(52-42(29)35-18-16-31(28-49)17-19-35)36-22-20-34(21-23-36)37-13-9-10-32(24-37)25-46-43(50)40-26-45-38-14-7-8-15-39(38)47-40/h4-24,26,29-30,41-42,44,49H,25,27-28H2,1-3H3,(H,46,50)/t29-,30+,41+,42+,44+/m1/s1. The molecule has 1 aliphatic heterocycles. The number of carbonyl (C=O) groups excluding carboxylic acids is 1. The fourth-order valence-corrected chi connectivity index (χ4v) is 6.79. The summed E-state index contributed by atoms with van der Waals surface area (Å²) in [6, 6.07) is 42.7. The van der Waals surface area contributed by atoms with Gasteiger partial charge >= 0.3 is 0 Å². The van der Waals surface area contributed by atoms with Crippen molar-refractivity contribution in [2.24, 2.45) is 5.92 Å². The van der Waals surface area contributed by atoms with Crippen LogP contribution >= 0.6 is 0 Å². The summed E-state index contributed by atoms with van der Waals surface area (Å²) in [5.74, 6) is -0.186. The number of nitrogens with zero attached hydrogens (tertiary/aromatic N) is 3. The number of hydrogen-bond donors (Lipinski definition) is 2. The second-order valence-electron chi connectivity index (χ2n) is 13.6. The second-order valence-corrected chi connectivity index (χ2v) is 13.6. The SMILES string of the molecule is C[C@@H]1[C@H](CN(C)[C@@H](C)c2ccccc2)O[C@H](c2ccc(-c3cccc(CNC(=O)c4cnc5ccccc5n4)c3)cc2)O[C@@H]1c1ccc(CO)cc1. The molecular formula is C44H44N4O4. The summed E-state index contributed by atoms with van der Waals surface area (Å²) in [6.45, 7) is 5.52. The van der Waals surface area contributed by atoms with Crippen molar-refractivity contribution in [1.29, 1.82) is 0 Å². The van der Waals surface area contributed by atoms with Crippen LogP contribution in [0.1, 0.15) is 70.6 Å². The number of ether oxygens (including phenoxy) is 2. The fourth-order valence-electron chi connectivity index (χ4n) is 6.79. The molecule has 0 radical (unpaired) electrons. The summed E-state index contributed by atoms with van der Waals surface area (Å²) < 4.78 is 13.5. The first-order valence-electron chi connectivity index (χ1n) is 17.8. The third-order valence-electron chi connectivity index (χ3n) is 10.1. The number of fused-ring (bicyclic) bond motifs is 1. The highest BCUT2D eigenvalue weighted by molar-refractivity contribution is 5.93. The molecule has 1 amide bonds. The molecule has 1 aliphatic rings. The van der Waals surface area contributed by atoms with Gasteiger partial charge in [-0.15, -0.1) is 0 Å². The molecule has 1 aromatic heterocycles. The van der Waals surface area contributed by atoms with Crippen molar-refractivity contribution in [1.82, 2.24) is 20.2 Å². The average Bonchev–Trinajstić information content (AvgIpc) is 3.20. The van der Waals surface area contributed by atoms with Crippen LogP contribution in [0.25, 0.3) is 22.2 Å². The molecule has 2 heterocycles. The third kappa shape index (κ3) is 7.96. The van der Waals surface area contributed by atoms with Crippen LogP contribution in [0.15, 0.2) is 134 Å². The number of aliphatic hydroxyl groups excluding tert-OH is 1. The van der Waals surface area contributed by atoms with E-state index in [0.717, 1.165) is 45.4 Å². The molecule has 0 aliphatic carbocycles. The zero-order valence-electron chi connectivity index (χ0n) is 29.7. The van der Waals surface area contributed by atoms with Crippen molar-refractivity contribution >= 4 is 16.9 Å². The van der Waals surface area contributed by atoms with Crippen molar-refractivity contribution in [3.63, 3.8) is 0 Å². The van der Waals surface area contributed by atoms with Gasteiger partial charge in [-0.1, -0.05) is 116 Å². The molecule has 52 heavy (non-hydrogen) atoms. The lowest BCUT2D eigenvalue weighted by molar-refractivity contribution is -0.276. The number of aromatic nitrogens is 2. The summed E-state index contributed by atoms with van der Waals surface area (Å²) in [4.78, 5) is 24.1. The van der Waals surface area contributed by atoms with Gasteiger partial charge in [0.15, 0.2) is 6.29 Å². The Hall–Kier alpha value is -5.25. The summed E-state index contributed by atoms with van der Waals surface area (Å²) in [7, 11) is 2.15. The minimum Gasteiger partial charge on any atom is -0.392 e. The predicted octanol–water partition coefficient (Wildman–Crippen LogP) is 8.20. The number of benzene rings is 5. The van der Waals surface area contributed by atoms with Crippen LogP contribution in [0.5, 0.6) is 0 Å². The van der Waals surface area contributed by atoms with E-state index in [-0.39, 0.29) is 42.4 Å². The first-order chi connectivity index (χ1) is 25.4. The Kier molecular flexibility index (Phi) is 10.8. The molecule has 0 bridgehead atoms. The summed E-state index contributed by atoms with van der Waals surface area (Å²) in [5, 5.41) is 12.6. The Morgan fingerprint density at radius 3 is 2.27 bits per heavy atom. The molecule has 8 heteroatoms. The van der Waals surface area contributed by atoms with Gasteiger partial charge in [0, 0.05) is 30.6 Å². The van der Waals surface area contributed by atoms with E-state index >= 15 is 0 Å². The highest BCUT2D eigenvalue weighted by atomic mass is 16.7. The van der Waals surface area contributed by atoms with E-state index in [0.29, 0.717) is 12.1 Å². The zero-order chi connectivity index (χ0) is 36.0. The number of carbonyl (C=O) groups is 1. The molecule has 8 nitrogen and oxygen atoms in total. The van der Waals surface area contributed by atoms with Crippen molar-refractivity contribution in [2.75, 3.05) is 13.6 Å². The number of nitrogens with one attached hydrogen (secondary N) is 1. The molecular weight excluding hydrogens is 649 g/mol. The van der Waals surface area contributed by atoms with Gasteiger partial charge < -0.3 is 19.9 Å². The number of amides is 1. The fraction of sp³-hybridized carbons (Fsp3) is 0.250. The van der Waals surface area contributed by atoms with E-state index in [1.54, 1.807) is 0 Å². The van der Waals surface area contributed by atoms with Crippen LogP contribution < -0.4 is 5.32 Å². The number of hydrogen-bond acceptors (Lipinski definition) is 7. The van der Waals surface area contributed by atoms with Crippen LogP contribution in [0.4, 0.5) is 0 Å². The van der Waals surface area contributed by atoms with Crippen LogP contribution in [-0.4, -0.2) is 45.6 Å². The minimum atomic E-state index is -0.557. The number of aliphatic hydroxyl groups is 1. The van der Waals surface area contributed by atoms with E-state index in [9.17, 15) is 9.90 Å². The zero-order valence-corrected chi connectivity index (χ0v) is 29.7. The molecule has 264 valence electrons. The van der Waals surface area contributed by atoms with Crippen LogP contribution in [0.2, 0.25) is 0 Å². The maximum atomic E-state index is 12.9. The van der Waals surface area contributed by atoms with Crippen molar-refractivity contribution in [3.05, 3.63) is 167 Å². The summed E-state index contributed by atoms with van der Waals surface area (Å²) in [5.41, 5.74) is 8.93. The first kappa shape index (κ1) is 35.2. The molecule has 0 spiro atoms. The Morgan fingerprint density at radius 1 is 0.808 bits per heavy atom. The Labute approximate surface area is 305 Å². The molecule has 7 rings (SSSR count). The largest absolute Gasteiger partial charge is 0.392 e. The number of rotatable bonds is 11. The number of para-hydroxylation sites is 2. The molecule has 1 saturated heterocycles. The van der Waals surface area contributed by atoms with Crippen molar-refractivity contribution in [3.8, 4) is 11.1 Å². The van der Waals surface area contributed by atoms with Gasteiger partial charge in [-0.3, -0.25) is 14.7 Å². The van der Waals surface area contributed by atoms with Gasteiger partial charge in [0.25, 0.3) is 5.91 Å².